The van der Waals surface area contributed by atoms with Gasteiger partial charge in [0.25, 0.3) is 5.91 Å². The van der Waals surface area contributed by atoms with E-state index in [2.05, 4.69) is 10.6 Å². The predicted molar refractivity (Wildman–Crippen MR) is 97.9 cm³/mol. The van der Waals surface area contributed by atoms with Crippen LogP contribution in [0, 0.1) is 17.8 Å². The summed E-state index contributed by atoms with van der Waals surface area (Å²) in [6.45, 7) is 1.21. The number of fused-ring (bicyclic) bond motifs is 1. The van der Waals surface area contributed by atoms with Gasteiger partial charge in [0, 0.05) is 43.2 Å². The lowest BCUT2D eigenvalue weighted by molar-refractivity contribution is -0.137. The van der Waals surface area contributed by atoms with E-state index in [1.54, 1.807) is 0 Å². The predicted octanol–water partition coefficient (Wildman–Crippen LogP) is 2.65. The molecule has 1 aromatic carbocycles. The van der Waals surface area contributed by atoms with Crippen LogP contribution >= 0.6 is 0 Å². The van der Waals surface area contributed by atoms with Gasteiger partial charge in [0.1, 0.15) is 0 Å². The minimum atomic E-state index is -4.64. The second-order valence-corrected chi connectivity index (χ2v) is 8.15. The topological polar surface area (TPSA) is 78.5 Å². The van der Waals surface area contributed by atoms with Crippen molar-refractivity contribution in [3.8, 4) is 0 Å². The molecule has 1 aromatic rings. The lowest BCUT2D eigenvalue weighted by Crippen LogP contribution is -2.40. The van der Waals surface area contributed by atoms with Crippen LogP contribution < -0.4 is 10.6 Å². The fourth-order valence-electron chi connectivity index (χ4n) is 4.21. The molecule has 3 fully saturated rings. The van der Waals surface area contributed by atoms with Crippen LogP contribution in [-0.4, -0.2) is 42.3 Å². The number of carbonyl (C=O) groups is 3. The third-order valence-corrected chi connectivity index (χ3v) is 6.12. The summed E-state index contributed by atoms with van der Waals surface area (Å²) in [6, 6.07) is 2.99. The molecular formula is C20H22F3N3O3. The van der Waals surface area contributed by atoms with E-state index in [9.17, 15) is 27.6 Å². The highest BCUT2D eigenvalue weighted by Gasteiger charge is 2.40. The number of amides is 3. The SMILES string of the molecule is O=C1C[C@@H]2CN(C(=O)c3cc(NC(=O)C4CCC4)cc(C(F)(F)F)c3)C[C@@H]2CN1. The van der Waals surface area contributed by atoms with Crippen molar-refractivity contribution in [2.75, 3.05) is 25.0 Å². The highest BCUT2D eigenvalue weighted by Crippen LogP contribution is 2.35. The Morgan fingerprint density at radius 2 is 1.83 bits per heavy atom. The molecule has 0 spiro atoms. The van der Waals surface area contributed by atoms with E-state index in [1.165, 1.54) is 11.0 Å². The van der Waals surface area contributed by atoms with Crippen LogP contribution in [0.1, 0.15) is 41.6 Å². The first kappa shape index (κ1) is 19.7. The maximum absolute atomic E-state index is 13.4. The molecular weight excluding hydrogens is 387 g/mol. The molecule has 2 N–H and O–H groups in total. The Hall–Kier alpha value is -2.58. The molecule has 6 nitrogen and oxygen atoms in total. The van der Waals surface area contributed by atoms with Gasteiger partial charge < -0.3 is 15.5 Å². The first-order valence-electron chi connectivity index (χ1n) is 9.80. The summed E-state index contributed by atoms with van der Waals surface area (Å²) >= 11 is 0. The number of halogens is 3. The van der Waals surface area contributed by atoms with Crippen molar-refractivity contribution < 1.29 is 27.6 Å². The molecule has 156 valence electrons. The number of nitrogens with zero attached hydrogens (tertiary/aromatic N) is 1. The number of hydrogen-bond acceptors (Lipinski definition) is 3. The fourth-order valence-corrected chi connectivity index (χ4v) is 4.21. The summed E-state index contributed by atoms with van der Waals surface area (Å²) in [6.07, 6.45) is -1.94. The van der Waals surface area contributed by atoms with E-state index in [0.717, 1.165) is 31.4 Å². The molecule has 3 amide bonds. The van der Waals surface area contributed by atoms with Crippen molar-refractivity contribution in [2.24, 2.45) is 17.8 Å². The normalized spacial score (nSPS) is 24.5. The monoisotopic (exact) mass is 409 g/mol. The molecule has 2 aliphatic heterocycles. The third-order valence-electron chi connectivity index (χ3n) is 6.12. The Kier molecular flexibility index (Phi) is 5.00. The number of anilines is 1. The van der Waals surface area contributed by atoms with Gasteiger partial charge in [0.2, 0.25) is 11.8 Å². The number of hydrogen-bond donors (Lipinski definition) is 2. The maximum atomic E-state index is 13.4. The standard InChI is InChI=1S/C20H22F3N3O3/c21-20(22,23)15-4-12(5-16(7-15)25-18(28)11-2-1-3-11)19(29)26-9-13-6-17(27)24-8-14(13)10-26/h4-5,7,11,13-14H,1-3,6,8-10H2,(H,24,27)(H,25,28)/t13-,14+/m1/s1. The quantitative estimate of drug-likeness (QED) is 0.806. The van der Waals surface area contributed by atoms with Gasteiger partial charge in [-0.1, -0.05) is 6.42 Å². The zero-order chi connectivity index (χ0) is 20.8. The summed E-state index contributed by atoms with van der Waals surface area (Å²) in [7, 11) is 0. The minimum Gasteiger partial charge on any atom is -0.356 e. The van der Waals surface area contributed by atoms with Crippen LogP contribution in [0.3, 0.4) is 0 Å². The van der Waals surface area contributed by atoms with Crippen molar-refractivity contribution in [1.82, 2.24) is 10.2 Å². The Bertz CT molecular complexity index is 851. The van der Waals surface area contributed by atoms with E-state index in [0.29, 0.717) is 26.1 Å². The van der Waals surface area contributed by atoms with E-state index < -0.39 is 17.6 Å². The van der Waals surface area contributed by atoms with Crippen LogP contribution in [0.4, 0.5) is 18.9 Å². The van der Waals surface area contributed by atoms with Crippen molar-refractivity contribution in [3.05, 3.63) is 29.3 Å². The van der Waals surface area contributed by atoms with Crippen LogP contribution in [0.5, 0.6) is 0 Å². The maximum Gasteiger partial charge on any atom is 0.416 e. The molecule has 0 unspecified atom stereocenters. The Balaban J connectivity index is 1.56. The average molecular weight is 409 g/mol. The molecule has 4 rings (SSSR count). The highest BCUT2D eigenvalue weighted by molar-refractivity contribution is 5.98. The van der Waals surface area contributed by atoms with Gasteiger partial charge in [0.05, 0.1) is 5.56 Å². The number of piperidine rings is 1. The Labute approximate surface area is 165 Å². The summed E-state index contributed by atoms with van der Waals surface area (Å²) in [4.78, 5) is 38.2. The van der Waals surface area contributed by atoms with Crippen molar-refractivity contribution >= 4 is 23.4 Å². The molecule has 1 aliphatic carbocycles. The zero-order valence-electron chi connectivity index (χ0n) is 15.7. The molecule has 29 heavy (non-hydrogen) atoms. The third kappa shape index (κ3) is 4.09. The molecule has 2 saturated heterocycles. The Morgan fingerprint density at radius 3 is 2.48 bits per heavy atom. The molecule has 2 atom stereocenters. The smallest absolute Gasteiger partial charge is 0.356 e. The summed E-state index contributed by atoms with van der Waals surface area (Å²) in [5.41, 5.74) is -1.10. The molecule has 0 aromatic heterocycles. The van der Waals surface area contributed by atoms with Crippen LogP contribution in [-0.2, 0) is 15.8 Å². The lowest BCUT2D eigenvalue weighted by atomic mass is 9.85. The van der Waals surface area contributed by atoms with Crippen molar-refractivity contribution in [1.29, 1.82) is 0 Å². The summed E-state index contributed by atoms with van der Waals surface area (Å²) < 4.78 is 40.1. The van der Waals surface area contributed by atoms with E-state index in [1.807, 2.05) is 0 Å². The molecule has 0 radical (unpaired) electrons. The van der Waals surface area contributed by atoms with Gasteiger partial charge in [-0.25, -0.2) is 0 Å². The second-order valence-electron chi connectivity index (χ2n) is 8.15. The second kappa shape index (κ2) is 7.35. The number of likely N-dealkylation sites (tertiary alicyclic amines) is 1. The zero-order valence-corrected chi connectivity index (χ0v) is 15.7. The van der Waals surface area contributed by atoms with Gasteiger partial charge in [-0.05, 0) is 42.9 Å². The highest BCUT2D eigenvalue weighted by atomic mass is 19.4. The van der Waals surface area contributed by atoms with Gasteiger partial charge in [-0.15, -0.1) is 0 Å². The van der Waals surface area contributed by atoms with Crippen molar-refractivity contribution in [3.63, 3.8) is 0 Å². The number of rotatable bonds is 3. The number of alkyl halides is 3. The van der Waals surface area contributed by atoms with Gasteiger partial charge in [-0.2, -0.15) is 13.2 Å². The summed E-state index contributed by atoms with van der Waals surface area (Å²) in [5, 5.41) is 5.29. The fraction of sp³-hybridized carbons (Fsp3) is 0.550. The van der Waals surface area contributed by atoms with Crippen LogP contribution in [0.2, 0.25) is 0 Å². The van der Waals surface area contributed by atoms with Crippen LogP contribution in [0.25, 0.3) is 0 Å². The molecule has 0 bridgehead atoms. The molecule has 3 aliphatic rings. The van der Waals surface area contributed by atoms with E-state index >= 15 is 0 Å². The van der Waals surface area contributed by atoms with Gasteiger partial charge in [-0.3, -0.25) is 14.4 Å². The van der Waals surface area contributed by atoms with Crippen LogP contribution in [0.15, 0.2) is 18.2 Å². The van der Waals surface area contributed by atoms with Gasteiger partial charge >= 0.3 is 6.18 Å². The van der Waals surface area contributed by atoms with E-state index in [4.69, 9.17) is 0 Å². The lowest BCUT2D eigenvalue weighted by Gasteiger charge is -2.24. The first-order valence-corrected chi connectivity index (χ1v) is 9.80. The number of nitrogens with one attached hydrogen (secondary N) is 2. The average Bonchev–Trinajstić information content (AvgIpc) is 3.01. The van der Waals surface area contributed by atoms with Gasteiger partial charge in [0.15, 0.2) is 0 Å². The van der Waals surface area contributed by atoms with E-state index in [-0.39, 0.29) is 40.8 Å². The largest absolute Gasteiger partial charge is 0.416 e. The number of benzene rings is 1. The molecule has 9 heteroatoms. The van der Waals surface area contributed by atoms with Crippen molar-refractivity contribution in [2.45, 2.75) is 31.9 Å². The number of carbonyl (C=O) groups excluding carboxylic acids is 3. The molecule has 1 saturated carbocycles. The molecule has 2 heterocycles. The summed E-state index contributed by atoms with van der Waals surface area (Å²) in [5.74, 6) is -0.949. The first-order chi connectivity index (χ1) is 13.7. The Morgan fingerprint density at radius 1 is 1.10 bits per heavy atom. The minimum absolute atomic E-state index is 0.0199.